The van der Waals surface area contributed by atoms with Crippen molar-refractivity contribution in [1.29, 1.82) is 0 Å². The normalized spacial score (nSPS) is 15.4. The van der Waals surface area contributed by atoms with Crippen molar-refractivity contribution in [3.63, 3.8) is 0 Å². The predicted molar refractivity (Wildman–Crippen MR) is 86.9 cm³/mol. The zero-order valence-corrected chi connectivity index (χ0v) is 13.9. The zero-order valence-electron chi connectivity index (χ0n) is 12.3. The summed E-state index contributed by atoms with van der Waals surface area (Å²) >= 11 is 3.13. The van der Waals surface area contributed by atoms with E-state index in [4.69, 9.17) is 0 Å². The Labute approximate surface area is 138 Å². The minimum Gasteiger partial charge on any atom is -0.348 e. The van der Waals surface area contributed by atoms with E-state index in [2.05, 4.69) is 26.6 Å². The Morgan fingerprint density at radius 1 is 1.18 bits per heavy atom. The van der Waals surface area contributed by atoms with Crippen LogP contribution in [0, 0.1) is 11.7 Å². The number of amides is 2. The van der Waals surface area contributed by atoms with Crippen LogP contribution in [0.15, 0.2) is 22.7 Å². The maximum absolute atomic E-state index is 13.6. The van der Waals surface area contributed by atoms with Gasteiger partial charge in [0.15, 0.2) is 0 Å². The second kappa shape index (κ2) is 8.27. The number of hydrogen-bond donors (Lipinski definition) is 2. The second-order valence-corrected chi connectivity index (χ2v) is 6.54. The number of benzene rings is 1. The summed E-state index contributed by atoms with van der Waals surface area (Å²) in [6.07, 6.45) is 7.10. The van der Waals surface area contributed by atoms with Crippen molar-refractivity contribution in [3.8, 4) is 0 Å². The van der Waals surface area contributed by atoms with E-state index in [0.29, 0.717) is 16.9 Å². The van der Waals surface area contributed by atoms with Gasteiger partial charge in [-0.2, -0.15) is 0 Å². The third-order valence-corrected chi connectivity index (χ3v) is 4.44. The van der Waals surface area contributed by atoms with Crippen LogP contribution in [-0.4, -0.2) is 18.4 Å². The van der Waals surface area contributed by atoms with Gasteiger partial charge in [0.05, 0.1) is 5.69 Å². The van der Waals surface area contributed by atoms with Crippen molar-refractivity contribution >= 4 is 33.4 Å². The first-order chi connectivity index (χ1) is 10.6. The number of hydrogen-bond acceptors (Lipinski definition) is 2. The molecule has 2 amide bonds. The highest BCUT2D eigenvalue weighted by Crippen LogP contribution is 2.25. The van der Waals surface area contributed by atoms with Crippen LogP contribution in [0.5, 0.6) is 0 Å². The molecule has 6 heteroatoms. The Balaban J connectivity index is 1.75. The van der Waals surface area contributed by atoms with Gasteiger partial charge in [0.2, 0.25) is 0 Å². The molecule has 1 aromatic rings. The molecule has 1 aromatic carbocycles. The van der Waals surface area contributed by atoms with Crippen LogP contribution in [0.4, 0.5) is 10.1 Å². The van der Waals surface area contributed by atoms with Crippen molar-refractivity contribution in [3.05, 3.63) is 28.5 Å². The molecule has 4 nitrogen and oxygen atoms in total. The number of anilines is 1. The highest BCUT2D eigenvalue weighted by Gasteiger charge is 2.17. The van der Waals surface area contributed by atoms with E-state index in [0.717, 1.165) is 6.42 Å². The fourth-order valence-corrected chi connectivity index (χ4v) is 3.05. The molecular weight excluding hydrogens is 351 g/mol. The minimum atomic E-state index is -0.843. The van der Waals surface area contributed by atoms with E-state index in [-0.39, 0.29) is 5.69 Å². The van der Waals surface area contributed by atoms with Gasteiger partial charge < -0.3 is 10.6 Å². The van der Waals surface area contributed by atoms with E-state index >= 15 is 0 Å². The summed E-state index contributed by atoms with van der Waals surface area (Å²) in [6, 6.07) is 4.24. The predicted octanol–water partition coefficient (Wildman–Crippen LogP) is 3.61. The highest BCUT2D eigenvalue weighted by molar-refractivity contribution is 9.10. The Hall–Kier alpha value is -1.43. The van der Waals surface area contributed by atoms with Crippen LogP contribution in [0.2, 0.25) is 0 Å². The van der Waals surface area contributed by atoms with E-state index < -0.39 is 17.6 Å². The van der Waals surface area contributed by atoms with Crippen LogP contribution >= 0.6 is 15.9 Å². The molecule has 0 aromatic heterocycles. The summed E-state index contributed by atoms with van der Waals surface area (Å²) in [5, 5.41) is 4.88. The van der Waals surface area contributed by atoms with Crippen molar-refractivity contribution in [1.82, 2.24) is 5.32 Å². The summed E-state index contributed by atoms with van der Waals surface area (Å²) in [4.78, 5) is 23.4. The van der Waals surface area contributed by atoms with Crippen molar-refractivity contribution in [2.45, 2.75) is 38.5 Å². The molecular formula is C16H20BrFN2O2. The molecule has 0 unspecified atom stereocenters. The molecule has 0 spiro atoms. The van der Waals surface area contributed by atoms with Gasteiger partial charge in [-0.15, -0.1) is 0 Å². The molecule has 0 bridgehead atoms. The van der Waals surface area contributed by atoms with Crippen molar-refractivity contribution < 1.29 is 14.0 Å². The number of halogens is 2. The SMILES string of the molecule is O=C(NCCC1CCCCC1)C(=O)Nc1ccc(Br)cc1F. The number of rotatable bonds is 4. The smallest absolute Gasteiger partial charge is 0.313 e. The molecule has 0 atom stereocenters. The lowest BCUT2D eigenvalue weighted by Crippen LogP contribution is -2.36. The molecule has 0 radical (unpaired) electrons. The molecule has 1 aliphatic rings. The van der Waals surface area contributed by atoms with E-state index in [1.165, 1.54) is 44.2 Å². The fourth-order valence-electron chi connectivity index (χ4n) is 2.72. The maximum atomic E-state index is 13.6. The molecule has 0 saturated heterocycles. The summed E-state index contributed by atoms with van der Waals surface area (Å²) in [7, 11) is 0. The molecule has 1 aliphatic carbocycles. The van der Waals surface area contributed by atoms with Crippen LogP contribution < -0.4 is 10.6 Å². The summed E-state index contributed by atoms with van der Waals surface area (Å²) in [5.41, 5.74) is -0.00405. The third-order valence-electron chi connectivity index (χ3n) is 3.95. The summed E-state index contributed by atoms with van der Waals surface area (Å²) in [5.74, 6) is -1.51. The Kier molecular flexibility index (Phi) is 6.36. The summed E-state index contributed by atoms with van der Waals surface area (Å²) < 4.78 is 14.2. The van der Waals surface area contributed by atoms with Crippen LogP contribution in [-0.2, 0) is 9.59 Å². The van der Waals surface area contributed by atoms with Gasteiger partial charge in [-0.05, 0) is 30.5 Å². The molecule has 1 saturated carbocycles. The standard InChI is InChI=1S/C16H20BrFN2O2/c17-12-6-7-14(13(18)10-12)20-16(22)15(21)19-9-8-11-4-2-1-3-5-11/h6-7,10-11H,1-5,8-9H2,(H,19,21)(H,20,22). The monoisotopic (exact) mass is 370 g/mol. The van der Waals surface area contributed by atoms with Gasteiger partial charge in [-0.25, -0.2) is 4.39 Å². The van der Waals surface area contributed by atoms with Gasteiger partial charge in [0.1, 0.15) is 5.82 Å². The minimum absolute atomic E-state index is 0.00405. The quantitative estimate of drug-likeness (QED) is 0.795. The molecule has 22 heavy (non-hydrogen) atoms. The zero-order chi connectivity index (χ0) is 15.9. The number of nitrogens with one attached hydrogen (secondary N) is 2. The lowest BCUT2D eigenvalue weighted by atomic mass is 9.87. The lowest BCUT2D eigenvalue weighted by molar-refractivity contribution is -0.136. The van der Waals surface area contributed by atoms with Gasteiger partial charge >= 0.3 is 11.8 Å². The molecule has 1 fully saturated rings. The van der Waals surface area contributed by atoms with Crippen molar-refractivity contribution in [2.24, 2.45) is 5.92 Å². The van der Waals surface area contributed by atoms with Crippen molar-refractivity contribution in [2.75, 3.05) is 11.9 Å². The largest absolute Gasteiger partial charge is 0.348 e. The highest BCUT2D eigenvalue weighted by atomic mass is 79.9. The van der Waals surface area contributed by atoms with Gasteiger partial charge in [-0.1, -0.05) is 48.0 Å². The second-order valence-electron chi connectivity index (χ2n) is 5.63. The fraction of sp³-hybridized carbons (Fsp3) is 0.500. The van der Waals surface area contributed by atoms with E-state index in [9.17, 15) is 14.0 Å². The van der Waals surface area contributed by atoms with Crippen LogP contribution in [0.1, 0.15) is 38.5 Å². The first-order valence-electron chi connectivity index (χ1n) is 7.60. The van der Waals surface area contributed by atoms with Gasteiger partial charge in [0, 0.05) is 11.0 Å². The Morgan fingerprint density at radius 2 is 1.91 bits per heavy atom. The number of carbonyl (C=O) groups is 2. The maximum Gasteiger partial charge on any atom is 0.313 e. The Morgan fingerprint density at radius 3 is 2.59 bits per heavy atom. The van der Waals surface area contributed by atoms with E-state index in [1.807, 2.05) is 0 Å². The lowest BCUT2D eigenvalue weighted by Gasteiger charge is -2.21. The van der Waals surface area contributed by atoms with Crippen LogP contribution in [0.25, 0.3) is 0 Å². The molecule has 2 N–H and O–H groups in total. The topological polar surface area (TPSA) is 58.2 Å². The van der Waals surface area contributed by atoms with Gasteiger partial charge in [-0.3, -0.25) is 9.59 Å². The molecule has 0 heterocycles. The number of carbonyl (C=O) groups excluding carboxylic acids is 2. The average Bonchev–Trinajstić information content (AvgIpc) is 2.51. The first kappa shape index (κ1) is 16.9. The van der Waals surface area contributed by atoms with E-state index in [1.54, 1.807) is 6.07 Å². The third kappa shape index (κ3) is 5.09. The molecule has 0 aliphatic heterocycles. The molecule has 2 rings (SSSR count). The summed E-state index contributed by atoms with van der Waals surface area (Å²) in [6.45, 7) is 0.486. The average molecular weight is 371 g/mol. The molecule has 120 valence electrons. The van der Waals surface area contributed by atoms with Gasteiger partial charge in [0.25, 0.3) is 0 Å². The van der Waals surface area contributed by atoms with Crippen LogP contribution in [0.3, 0.4) is 0 Å². The Bertz CT molecular complexity index is 545. The first-order valence-corrected chi connectivity index (χ1v) is 8.40.